The highest BCUT2D eigenvalue weighted by Crippen LogP contribution is 2.21. The highest BCUT2D eigenvalue weighted by Gasteiger charge is 2.23. The largest absolute Gasteiger partial charge is 0.224 e. The van der Waals surface area contributed by atoms with Crippen molar-refractivity contribution < 1.29 is 0 Å². The number of benzene rings is 2. The van der Waals surface area contributed by atoms with Crippen LogP contribution in [0.5, 0.6) is 0 Å². The van der Waals surface area contributed by atoms with Crippen LogP contribution in [0.15, 0.2) is 61.7 Å². The molecule has 2 aromatic heterocycles. The van der Waals surface area contributed by atoms with Crippen molar-refractivity contribution in [1.82, 2.24) is 40.4 Å². The Morgan fingerprint density at radius 3 is 1.50 bits per heavy atom. The molecule has 0 unspecified atom stereocenters. The van der Waals surface area contributed by atoms with Crippen molar-refractivity contribution in [2.75, 3.05) is 0 Å². The average Bonchev–Trinajstić information content (AvgIpc) is 3.44. The van der Waals surface area contributed by atoms with Gasteiger partial charge in [-0.3, -0.25) is 0 Å². The molecule has 8 heteroatoms. The zero-order chi connectivity index (χ0) is 20.9. The summed E-state index contributed by atoms with van der Waals surface area (Å²) in [5.74, 6) is 1.25. The van der Waals surface area contributed by atoms with E-state index in [0.717, 1.165) is 22.3 Å². The van der Waals surface area contributed by atoms with Gasteiger partial charge in [0.25, 0.3) is 0 Å². The fourth-order valence-corrected chi connectivity index (χ4v) is 3.25. The van der Waals surface area contributed by atoms with Crippen LogP contribution >= 0.6 is 0 Å². The van der Waals surface area contributed by atoms with E-state index in [2.05, 4.69) is 44.2 Å². The van der Waals surface area contributed by atoms with Gasteiger partial charge in [-0.15, -0.1) is 10.2 Å². The van der Waals surface area contributed by atoms with Crippen LogP contribution in [0.2, 0.25) is 0 Å². The minimum absolute atomic E-state index is 0.171. The summed E-state index contributed by atoms with van der Waals surface area (Å²) in [7, 11) is 0. The Morgan fingerprint density at radius 2 is 1.13 bits per heavy atom. The number of tetrazole rings is 2. The lowest BCUT2D eigenvalue weighted by Crippen LogP contribution is -2.16. The smallest absolute Gasteiger partial charge is 0.162 e. The summed E-state index contributed by atoms with van der Waals surface area (Å²) in [4.78, 5) is 0. The van der Waals surface area contributed by atoms with Crippen molar-refractivity contribution in [2.24, 2.45) is 0 Å². The lowest BCUT2D eigenvalue weighted by atomic mass is 10.1. The predicted molar refractivity (Wildman–Crippen MR) is 114 cm³/mol. The van der Waals surface area contributed by atoms with Crippen molar-refractivity contribution in [2.45, 2.75) is 25.9 Å². The van der Waals surface area contributed by atoms with E-state index in [-0.39, 0.29) is 5.92 Å². The highest BCUT2D eigenvalue weighted by atomic mass is 15.6. The van der Waals surface area contributed by atoms with Crippen LogP contribution in [0, 0.1) is 0 Å². The molecule has 8 nitrogen and oxygen atoms in total. The van der Waals surface area contributed by atoms with Gasteiger partial charge in [-0.25, -0.2) is 9.36 Å². The second kappa shape index (κ2) is 8.60. The third-order valence-electron chi connectivity index (χ3n) is 4.99. The summed E-state index contributed by atoms with van der Waals surface area (Å²) in [6.45, 7) is 10.7. The Labute approximate surface area is 174 Å². The number of rotatable bonds is 8. The van der Waals surface area contributed by atoms with E-state index >= 15 is 0 Å². The van der Waals surface area contributed by atoms with Gasteiger partial charge in [-0.1, -0.05) is 73.8 Å². The van der Waals surface area contributed by atoms with Crippen LogP contribution in [0.3, 0.4) is 0 Å². The van der Waals surface area contributed by atoms with Crippen LogP contribution < -0.4 is 0 Å². The van der Waals surface area contributed by atoms with Crippen molar-refractivity contribution in [3.8, 4) is 0 Å². The van der Waals surface area contributed by atoms with Crippen LogP contribution in [-0.4, -0.2) is 40.4 Å². The first kappa shape index (κ1) is 19.4. The second-order valence-corrected chi connectivity index (χ2v) is 7.00. The van der Waals surface area contributed by atoms with Gasteiger partial charge in [0, 0.05) is 0 Å². The lowest BCUT2D eigenvalue weighted by molar-refractivity contribution is 0.562. The monoisotopic (exact) mass is 398 g/mol. The summed E-state index contributed by atoms with van der Waals surface area (Å²) in [5, 5.41) is 24.6. The van der Waals surface area contributed by atoms with Crippen LogP contribution in [0.25, 0.3) is 12.2 Å². The first-order chi connectivity index (χ1) is 14.7. The van der Waals surface area contributed by atoms with Gasteiger partial charge >= 0.3 is 0 Å². The zero-order valence-electron chi connectivity index (χ0n) is 16.8. The van der Waals surface area contributed by atoms with Crippen molar-refractivity contribution >= 4 is 12.2 Å². The van der Waals surface area contributed by atoms with E-state index < -0.39 is 0 Å². The molecule has 0 saturated heterocycles. The molecule has 0 atom stereocenters. The van der Waals surface area contributed by atoms with E-state index in [9.17, 15) is 0 Å². The SMILES string of the molecule is C=Cc1ccc(Cn2nnnc2C(C)c2nnnn2Cc2ccc(C=C)cc2)cc1. The standard InChI is InChI=1S/C22H22N8/c1-4-17-6-10-19(11-7-17)14-29-21(23-25-27-29)16(3)22-24-26-28-30(22)15-20-12-8-18(5-2)9-13-20/h4-13,16H,1-2,14-15H2,3H3. The van der Waals surface area contributed by atoms with Gasteiger partial charge in [-0.2, -0.15) is 0 Å². The van der Waals surface area contributed by atoms with Crippen molar-refractivity contribution in [3.05, 3.63) is 95.6 Å². The Kier molecular flexibility index (Phi) is 5.56. The Morgan fingerprint density at radius 1 is 0.733 bits per heavy atom. The van der Waals surface area contributed by atoms with Crippen molar-refractivity contribution in [1.29, 1.82) is 0 Å². The number of nitrogens with zero attached hydrogens (tertiary/aromatic N) is 8. The Hall–Kier alpha value is -3.94. The summed E-state index contributed by atoms with van der Waals surface area (Å²) in [5.41, 5.74) is 4.35. The third-order valence-corrected chi connectivity index (χ3v) is 4.99. The lowest BCUT2D eigenvalue weighted by Gasteiger charge is -2.12. The molecule has 30 heavy (non-hydrogen) atoms. The maximum atomic E-state index is 4.24. The quantitative estimate of drug-likeness (QED) is 0.453. The molecule has 0 bridgehead atoms. The average molecular weight is 398 g/mol. The molecule has 4 rings (SSSR count). The van der Waals surface area contributed by atoms with Crippen LogP contribution in [0.4, 0.5) is 0 Å². The first-order valence-electron chi connectivity index (χ1n) is 9.63. The molecule has 150 valence electrons. The number of hydrogen-bond acceptors (Lipinski definition) is 6. The molecular formula is C22H22N8. The molecule has 0 amide bonds. The Bertz CT molecular complexity index is 1050. The Balaban J connectivity index is 1.55. The molecule has 2 heterocycles. The molecule has 0 N–H and O–H groups in total. The maximum Gasteiger partial charge on any atom is 0.162 e. The normalized spacial score (nSPS) is 11.0. The molecule has 0 aliphatic carbocycles. The molecule has 0 aliphatic heterocycles. The number of hydrogen-bond donors (Lipinski definition) is 0. The van der Waals surface area contributed by atoms with Gasteiger partial charge < -0.3 is 0 Å². The molecular weight excluding hydrogens is 376 g/mol. The highest BCUT2D eigenvalue weighted by molar-refractivity contribution is 5.47. The molecule has 0 fully saturated rings. The fourth-order valence-electron chi connectivity index (χ4n) is 3.25. The third kappa shape index (κ3) is 4.07. The minimum Gasteiger partial charge on any atom is -0.224 e. The molecule has 2 aromatic carbocycles. The molecule has 0 spiro atoms. The van der Waals surface area contributed by atoms with E-state index in [0.29, 0.717) is 24.7 Å². The molecule has 0 radical (unpaired) electrons. The molecule has 0 aliphatic rings. The van der Waals surface area contributed by atoms with Crippen LogP contribution in [-0.2, 0) is 13.1 Å². The van der Waals surface area contributed by atoms with E-state index in [1.807, 2.05) is 67.6 Å². The summed E-state index contributed by atoms with van der Waals surface area (Å²) < 4.78 is 3.57. The second-order valence-electron chi connectivity index (χ2n) is 7.00. The number of aromatic nitrogens is 8. The minimum atomic E-state index is -0.171. The zero-order valence-corrected chi connectivity index (χ0v) is 16.8. The van der Waals surface area contributed by atoms with Gasteiger partial charge in [0.05, 0.1) is 19.0 Å². The molecule has 4 aromatic rings. The first-order valence-corrected chi connectivity index (χ1v) is 9.63. The summed E-state index contributed by atoms with van der Waals surface area (Å²) in [6, 6.07) is 16.3. The van der Waals surface area contributed by atoms with E-state index in [1.165, 1.54) is 0 Å². The van der Waals surface area contributed by atoms with E-state index in [4.69, 9.17) is 0 Å². The van der Waals surface area contributed by atoms with Crippen molar-refractivity contribution in [3.63, 3.8) is 0 Å². The van der Waals surface area contributed by atoms with Gasteiger partial charge in [0.2, 0.25) is 0 Å². The van der Waals surface area contributed by atoms with E-state index in [1.54, 1.807) is 9.36 Å². The predicted octanol–water partition coefficient (Wildman–Crippen LogP) is 3.19. The van der Waals surface area contributed by atoms with Gasteiger partial charge in [0.1, 0.15) is 0 Å². The van der Waals surface area contributed by atoms with Gasteiger partial charge in [0.15, 0.2) is 11.6 Å². The topological polar surface area (TPSA) is 87.2 Å². The van der Waals surface area contributed by atoms with Gasteiger partial charge in [-0.05, 0) is 50.0 Å². The molecule has 0 saturated carbocycles. The summed E-state index contributed by atoms with van der Waals surface area (Å²) >= 11 is 0. The fraction of sp³-hybridized carbons (Fsp3) is 0.182. The van der Waals surface area contributed by atoms with Crippen LogP contribution in [0.1, 0.15) is 46.7 Å². The summed E-state index contributed by atoms with van der Waals surface area (Å²) in [6.07, 6.45) is 3.64. The maximum absolute atomic E-state index is 4.24.